The number of aliphatic hydroxyl groups is 1. The lowest BCUT2D eigenvalue weighted by Gasteiger charge is -2.25. The Hall–Kier alpha value is -1.55. The van der Waals surface area contributed by atoms with E-state index < -0.39 is 0 Å². The summed E-state index contributed by atoms with van der Waals surface area (Å²) in [6.45, 7) is 4.51. The summed E-state index contributed by atoms with van der Waals surface area (Å²) < 4.78 is 0. The molecule has 1 heterocycles. The molecule has 0 spiro atoms. The van der Waals surface area contributed by atoms with E-state index >= 15 is 0 Å². The number of carbonyl (C=O) groups excluding carboxylic acids is 1. The summed E-state index contributed by atoms with van der Waals surface area (Å²) in [5.41, 5.74) is 1.26. The van der Waals surface area contributed by atoms with E-state index in [-0.39, 0.29) is 24.3 Å². The van der Waals surface area contributed by atoms with Crippen LogP contribution in [0.4, 0.5) is 0 Å². The van der Waals surface area contributed by atoms with Gasteiger partial charge in [0.15, 0.2) is 0 Å². The van der Waals surface area contributed by atoms with Crippen LogP contribution in [0.2, 0.25) is 0 Å². The van der Waals surface area contributed by atoms with Gasteiger partial charge in [0.05, 0.1) is 12.6 Å². The van der Waals surface area contributed by atoms with Crippen LogP contribution in [-0.4, -0.2) is 40.2 Å². The Bertz CT molecular complexity index is 458. The lowest BCUT2D eigenvalue weighted by Crippen LogP contribution is -2.39. The second-order valence-electron chi connectivity index (χ2n) is 5.02. The third-order valence-corrected chi connectivity index (χ3v) is 3.77. The average molecular weight is 249 g/mol. The number of amides is 1. The zero-order valence-corrected chi connectivity index (χ0v) is 10.8. The minimum Gasteiger partial charge on any atom is -0.508 e. The molecule has 0 bridgehead atoms. The smallest absolute Gasteiger partial charge is 0.254 e. The first-order valence-corrected chi connectivity index (χ1v) is 6.26. The van der Waals surface area contributed by atoms with Gasteiger partial charge in [-0.25, -0.2) is 0 Å². The Morgan fingerprint density at radius 2 is 2.22 bits per heavy atom. The molecule has 4 nitrogen and oxygen atoms in total. The van der Waals surface area contributed by atoms with Gasteiger partial charge in [-0.1, -0.05) is 6.92 Å². The van der Waals surface area contributed by atoms with Crippen molar-refractivity contribution < 1.29 is 15.0 Å². The molecule has 4 heteroatoms. The summed E-state index contributed by atoms with van der Waals surface area (Å²) in [5, 5.41) is 18.8. The summed E-state index contributed by atoms with van der Waals surface area (Å²) in [7, 11) is 0. The molecule has 1 aliphatic rings. The SMILES string of the molecule is Cc1cc(C(=O)N2CCC(C)C2CO)ccc1O. The number of rotatable bonds is 2. The number of hydrogen-bond acceptors (Lipinski definition) is 3. The molecular weight excluding hydrogens is 230 g/mol. The molecule has 1 aromatic carbocycles. The van der Waals surface area contributed by atoms with Gasteiger partial charge < -0.3 is 15.1 Å². The van der Waals surface area contributed by atoms with Gasteiger partial charge in [0.2, 0.25) is 0 Å². The molecule has 0 radical (unpaired) electrons. The molecule has 1 saturated heterocycles. The van der Waals surface area contributed by atoms with E-state index in [0.29, 0.717) is 23.6 Å². The minimum absolute atomic E-state index is 0.00394. The van der Waals surface area contributed by atoms with Crippen molar-refractivity contribution in [2.75, 3.05) is 13.2 Å². The molecule has 0 aromatic heterocycles. The lowest BCUT2D eigenvalue weighted by atomic mass is 10.0. The van der Waals surface area contributed by atoms with Crippen LogP contribution >= 0.6 is 0 Å². The van der Waals surface area contributed by atoms with E-state index in [0.717, 1.165) is 6.42 Å². The van der Waals surface area contributed by atoms with Crippen molar-refractivity contribution in [2.45, 2.75) is 26.3 Å². The van der Waals surface area contributed by atoms with Crippen LogP contribution in [0.25, 0.3) is 0 Å². The van der Waals surface area contributed by atoms with Crippen molar-refractivity contribution in [3.8, 4) is 5.75 Å². The normalized spacial score (nSPS) is 23.4. The number of aromatic hydroxyl groups is 1. The Labute approximate surface area is 107 Å². The quantitative estimate of drug-likeness (QED) is 0.836. The van der Waals surface area contributed by atoms with Crippen molar-refractivity contribution in [1.29, 1.82) is 0 Å². The van der Waals surface area contributed by atoms with Crippen LogP contribution in [0.5, 0.6) is 5.75 Å². The maximum absolute atomic E-state index is 12.4. The number of carbonyl (C=O) groups is 1. The monoisotopic (exact) mass is 249 g/mol. The first-order chi connectivity index (χ1) is 8.54. The van der Waals surface area contributed by atoms with Crippen LogP contribution in [-0.2, 0) is 0 Å². The van der Waals surface area contributed by atoms with Gasteiger partial charge in [-0.2, -0.15) is 0 Å². The Morgan fingerprint density at radius 1 is 1.50 bits per heavy atom. The number of aliphatic hydroxyl groups excluding tert-OH is 1. The van der Waals surface area contributed by atoms with Crippen LogP contribution in [0, 0.1) is 12.8 Å². The zero-order valence-electron chi connectivity index (χ0n) is 10.8. The fourth-order valence-corrected chi connectivity index (χ4v) is 2.49. The van der Waals surface area contributed by atoms with Crippen molar-refractivity contribution >= 4 is 5.91 Å². The highest BCUT2D eigenvalue weighted by Crippen LogP contribution is 2.26. The van der Waals surface area contributed by atoms with Crippen LogP contribution in [0.15, 0.2) is 18.2 Å². The van der Waals surface area contributed by atoms with E-state index in [1.54, 1.807) is 24.0 Å². The number of phenolic OH excluding ortho intramolecular Hbond substituents is 1. The molecule has 98 valence electrons. The van der Waals surface area contributed by atoms with Crippen molar-refractivity contribution in [3.63, 3.8) is 0 Å². The molecule has 1 fully saturated rings. The molecule has 1 amide bonds. The summed E-state index contributed by atoms with van der Waals surface area (Å²) in [5.74, 6) is 0.457. The molecule has 0 saturated carbocycles. The summed E-state index contributed by atoms with van der Waals surface area (Å²) in [4.78, 5) is 14.1. The molecule has 1 aliphatic heterocycles. The van der Waals surface area contributed by atoms with Gasteiger partial charge in [-0.3, -0.25) is 4.79 Å². The van der Waals surface area contributed by atoms with Gasteiger partial charge in [-0.15, -0.1) is 0 Å². The molecule has 2 atom stereocenters. The summed E-state index contributed by atoms with van der Waals surface area (Å²) in [6, 6.07) is 4.76. The predicted molar refractivity (Wildman–Crippen MR) is 68.5 cm³/mol. The van der Waals surface area contributed by atoms with Crippen molar-refractivity contribution in [1.82, 2.24) is 4.90 Å². The standard InChI is InChI=1S/C14H19NO3/c1-9-5-6-15(12(9)8-16)14(18)11-3-4-13(17)10(2)7-11/h3-4,7,9,12,16-17H,5-6,8H2,1-2H3. The topological polar surface area (TPSA) is 60.8 Å². The molecule has 2 N–H and O–H groups in total. The number of phenols is 1. The number of aryl methyl sites for hydroxylation is 1. The highest BCUT2D eigenvalue weighted by atomic mass is 16.3. The molecule has 18 heavy (non-hydrogen) atoms. The first-order valence-electron chi connectivity index (χ1n) is 6.26. The highest BCUT2D eigenvalue weighted by molar-refractivity contribution is 5.95. The fourth-order valence-electron chi connectivity index (χ4n) is 2.49. The maximum atomic E-state index is 12.4. The average Bonchev–Trinajstić information content (AvgIpc) is 2.73. The van der Waals surface area contributed by atoms with Gasteiger partial charge in [-0.05, 0) is 43.0 Å². The largest absolute Gasteiger partial charge is 0.508 e. The second kappa shape index (κ2) is 4.98. The van der Waals surface area contributed by atoms with Gasteiger partial charge in [0.1, 0.15) is 5.75 Å². The number of benzene rings is 1. The molecule has 0 aliphatic carbocycles. The van der Waals surface area contributed by atoms with E-state index in [1.807, 2.05) is 0 Å². The van der Waals surface area contributed by atoms with Gasteiger partial charge in [0.25, 0.3) is 5.91 Å². The second-order valence-corrected chi connectivity index (χ2v) is 5.02. The molecule has 1 aromatic rings. The van der Waals surface area contributed by atoms with Crippen molar-refractivity contribution in [3.05, 3.63) is 29.3 Å². The summed E-state index contributed by atoms with van der Waals surface area (Å²) >= 11 is 0. The Kier molecular flexibility index (Phi) is 3.57. The van der Waals surface area contributed by atoms with Crippen molar-refractivity contribution in [2.24, 2.45) is 5.92 Å². The van der Waals surface area contributed by atoms with Gasteiger partial charge >= 0.3 is 0 Å². The molecule has 2 rings (SSSR count). The zero-order chi connectivity index (χ0) is 13.3. The van der Waals surface area contributed by atoms with E-state index in [2.05, 4.69) is 6.92 Å². The Balaban J connectivity index is 2.23. The number of nitrogens with zero attached hydrogens (tertiary/aromatic N) is 1. The van der Waals surface area contributed by atoms with E-state index in [4.69, 9.17) is 0 Å². The van der Waals surface area contributed by atoms with Crippen LogP contribution < -0.4 is 0 Å². The van der Waals surface area contributed by atoms with E-state index in [9.17, 15) is 15.0 Å². The summed E-state index contributed by atoms with van der Waals surface area (Å²) in [6.07, 6.45) is 0.925. The van der Waals surface area contributed by atoms with E-state index in [1.165, 1.54) is 6.07 Å². The first kappa shape index (κ1) is 12.9. The lowest BCUT2D eigenvalue weighted by molar-refractivity contribution is 0.0648. The third kappa shape index (κ3) is 2.20. The molecule has 2 unspecified atom stereocenters. The highest BCUT2D eigenvalue weighted by Gasteiger charge is 2.34. The fraction of sp³-hybridized carbons (Fsp3) is 0.500. The molecular formula is C14H19NO3. The van der Waals surface area contributed by atoms with Gasteiger partial charge in [0, 0.05) is 12.1 Å². The number of likely N-dealkylation sites (tertiary alicyclic amines) is 1. The minimum atomic E-state index is -0.0911. The Morgan fingerprint density at radius 3 is 2.83 bits per heavy atom. The third-order valence-electron chi connectivity index (χ3n) is 3.77. The predicted octanol–water partition coefficient (Wildman–Crippen LogP) is 1.54. The number of hydrogen-bond donors (Lipinski definition) is 2. The van der Waals surface area contributed by atoms with Crippen LogP contribution in [0.1, 0.15) is 29.3 Å². The van der Waals surface area contributed by atoms with Crippen LogP contribution in [0.3, 0.4) is 0 Å². The maximum Gasteiger partial charge on any atom is 0.254 e.